The van der Waals surface area contributed by atoms with Crippen LogP contribution in [0.4, 0.5) is 0 Å². The fraction of sp³-hybridized carbons (Fsp3) is 0.500. The van der Waals surface area contributed by atoms with E-state index in [4.69, 9.17) is 0 Å². The summed E-state index contributed by atoms with van der Waals surface area (Å²) >= 11 is 1.44. The zero-order valence-electron chi connectivity index (χ0n) is 13.9. The highest BCUT2D eigenvalue weighted by atomic mass is 32.1. The number of thiophene rings is 1. The molecular formula is C18H20N4O2S. The Morgan fingerprint density at radius 1 is 1.20 bits per heavy atom. The molecule has 2 bridgehead atoms. The monoisotopic (exact) mass is 356 g/mol. The third kappa shape index (κ3) is 2.91. The Morgan fingerprint density at radius 3 is 2.88 bits per heavy atom. The molecule has 3 saturated heterocycles. The first-order chi connectivity index (χ1) is 12.2. The molecule has 3 aliphatic rings. The van der Waals surface area contributed by atoms with Crippen LogP contribution in [0.3, 0.4) is 0 Å². The first-order valence-corrected chi connectivity index (χ1v) is 9.69. The lowest BCUT2D eigenvalue weighted by atomic mass is 9.97. The first-order valence-electron chi connectivity index (χ1n) is 8.88. The average molecular weight is 356 g/mol. The van der Waals surface area contributed by atoms with Crippen molar-refractivity contribution in [2.45, 2.75) is 18.9 Å². The topological polar surface area (TPSA) is 65.3 Å². The minimum absolute atomic E-state index is 0.0823. The zero-order chi connectivity index (χ0) is 17.0. The van der Waals surface area contributed by atoms with Gasteiger partial charge in [0, 0.05) is 48.5 Å². The molecule has 0 saturated carbocycles. The molecule has 25 heavy (non-hydrogen) atoms. The highest BCUT2D eigenvalue weighted by Crippen LogP contribution is 2.29. The summed E-state index contributed by atoms with van der Waals surface area (Å²) in [6, 6.07) is 3.91. The van der Waals surface area contributed by atoms with Crippen LogP contribution < -0.4 is 5.32 Å². The molecule has 130 valence electrons. The Morgan fingerprint density at radius 2 is 2.08 bits per heavy atom. The van der Waals surface area contributed by atoms with Crippen LogP contribution >= 0.6 is 11.3 Å². The first kappa shape index (κ1) is 15.3. The van der Waals surface area contributed by atoms with Gasteiger partial charge in [-0.1, -0.05) is 0 Å². The number of pyridine rings is 1. The third-order valence-electron chi connectivity index (χ3n) is 5.38. The molecule has 3 fully saturated rings. The van der Waals surface area contributed by atoms with Gasteiger partial charge in [0.1, 0.15) is 5.69 Å². The number of piperidine rings is 1. The van der Waals surface area contributed by atoms with E-state index in [0.717, 1.165) is 53.5 Å². The van der Waals surface area contributed by atoms with E-state index in [9.17, 15) is 9.59 Å². The van der Waals surface area contributed by atoms with Gasteiger partial charge in [0.05, 0.1) is 4.88 Å². The van der Waals surface area contributed by atoms with E-state index in [1.54, 1.807) is 11.1 Å². The van der Waals surface area contributed by atoms with Crippen LogP contribution in [0.2, 0.25) is 0 Å². The Balaban J connectivity index is 1.33. The summed E-state index contributed by atoms with van der Waals surface area (Å²) in [5.74, 6) is 0.693. The second-order valence-corrected chi connectivity index (χ2v) is 8.41. The average Bonchev–Trinajstić information content (AvgIpc) is 3.28. The lowest BCUT2D eigenvalue weighted by Crippen LogP contribution is -2.47. The number of carbonyl (C=O) groups is 2. The Labute approximate surface area is 149 Å². The second kappa shape index (κ2) is 5.78. The maximum absolute atomic E-state index is 12.6. The van der Waals surface area contributed by atoms with Crippen molar-refractivity contribution >= 4 is 33.2 Å². The number of nitrogens with zero attached hydrogens (tertiary/aromatic N) is 3. The van der Waals surface area contributed by atoms with Gasteiger partial charge < -0.3 is 15.1 Å². The summed E-state index contributed by atoms with van der Waals surface area (Å²) in [6.07, 6.45) is 4.02. The van der Waals surface area contributed by atoms with E-state index in [0.29, 0.717) is 5.69 Å². The van der Waals surface area contributed by atoms with Crippen molar-refractivity contribution in [3.05, 3.63) is 28.9 Å². The zero-order valence-corrected chi connectivity index (χ0v) is 14.7. The summed E-state index contributed by atoms with van der Waals surface area (Å²) in [6.45, 7) is 4.97. The van der Waals surface area contributed by atoms with Gasteiger partial charge in [-0.3, -0.25) is 14.6 Å². The fourth-order valence-corrected chi connectivity index (χ4v) is 5.03. The van der Waals surface area contributed by atoms with E-state index < -0.39 is 0 Å². The maximum Gasteiger partial charge on any atom is 0.270 e. The molecule has 1 N–H and O–H groups in total. The predicted octanol–water partition coefficient (Wildman–Crippen LogP) is 1.58. The predicted molar refractivity (Wildman–Crippen MR) is 95.9 cm³/mol. The van der Waals surface area contributed by atoms with Crippen LogP contribution in [0.1, 0.15) is 33.0 Å². The Kier molecular flexibility index (Phi) is 3.53. The SMILES string of the molecule is O=C(N[C@@H]1C[C@H]2CCN(C2)C1)c1cc2sc(C(=O)N3CC3)cc2cn1. The molecular weight excluding hydrogens is 336 g/mol. The van der Waals surface area contributed by atoms with Crippen molar-refractivity contribution < 1.29 is 9.59 Å². The van der Waals surface area contributed by atoms with Gasteiger partial charge in [-0.25, -0.2) is 0 Å². The molecule has 5 rings (SSSR count). The van der Waals surface area contributed by atoms with Crippen LogP contribution in [0, 0.1) is 5.92 Å². The number of nitrogens with one attached hydrogen (secondary N) is 1. The van der Waals surface area contributed by atoms with Gasteiger partial charge in [0.2, 0.25) is 0 Å². The van der Waals surface area contributed by atoms with E-state index in [2.05, 4.69) is 15.2 Å². The van der Waals surface area contributed by atoms with Crippen LogP contribution in [0.25, 0.3) is 10.1 Å². The largest absolute Gasteiger partial charge is 0.347 e. The lowest BCUT2D eigenvalue weighted by molar-refractivity contribution is 0.0886. The molecule has 2 aromatic heterocycles. The molecule has 2 amide bonds. The van der Waals surface area contributed by atoms with Crippen LogP contribution in [-0.2, 0) is 0 Å². The summed E-state index contributed by atoms with van der Waals surface area (Å²) in [7, 11) is 0. The number of fused-ring (bicyclic) bond motifs is 3. The van der Waals surface area contributed by atoms with E-state index >= 15 is 0 Å². The van der Waals surface area contributed by atoms with E-state index in [1.807, 2.05) is 12.1 Å². The van der Waals surface area contributed by atoms with Gasteiger partial charge in [-0.15, -0.1) is 11.3 Å². The van der Waals surface area contributed by atoms with Crippen molar-refractivity contribution in [1.29, 1.82) is 0 Å². The van der Waals surface area contributed by atoms with E-state index in [-0.39, 0.29) is 17.9 Å². The number of hydrogen-bond donors (Lipinski definition) is 1. The number of carbonyl (C=O) groups excluding carboxylic acids is 2. The van der Waals surface area contributed by atoms with Crippen molar-refractivity contribution in [1.82, 2.24) is 20.1 Å². The molecule has 1 unspecified atom stereocenters. The number of aromatic nitrogens is 1. The molecule has 0 spiro atoms. The number of hydrogen-bond acceptors (Lipinski definition) is 5. The summed E-state index contributed by atoms with van der Waals surface area (Å²) in [4.78, 5) is 34.0. The summed E-state index contributed by atoms with van der Waals surface area (Å²) in [5, 5.41) is 4.07. The molecule has 0 radical (unpaired) electrons. The Hall–Kier alpha value is -1.99. The molecule has 3 aliphatic heterocycles. The molecule has 6 nitrogen and oxygen atoms in total. The van der Waals surface area contributed by atoms with Gasteiger partial charge in [-0.2, -0.15) is 0 Å². The van der Waals surface area contributed by atoms with Crippen LogP contribution in [0.5, 0.6) is 0 Å². The molecule has 0 aromatic carbocycles. The van der Waals surface area contributed by atoms with Gasteiger partial charge in [0.15, 0.2) is 0 Å². The quantitative estimate of drug-likeness (QED) is 0.848. The highest BCUT2D eigenvalue weighted by molar-refractivity contribution is 7.20. The molecule has 7 heteroatoms. The van der Waals surface area contributed by atoms with Crippen LogP contribution in [0.15, 0.2) is 18.3 Å². The molecule has 2 aromatic rings. The maximum atomic E-state index is 12.6. The smallest absolute Gasteiger partial charge is 0.270 e. The van der Waals surface area contributed by atoms with Gasteiger partial charge in [-0.05, 0) is 37.4 Å². The molecule has 5 heterocycles. The third-order valence-corrected chi connectivity index (χ3v) is 6.47. The van der Waals surface area contributed by atoms with E-state index in [1.165, 1.54) is 24.3 Å². The van der Waals surface area contributed by atoms with Gasteiger partial charge in [0.25, 0.3) is 11.8 Å². The Bertz CT molecular complexity index is 848. The standard InChI is InChI=1S/C18H20N4O2S/c23-17(20-13-5-11-1-2-21(9-11)10-13)14-7-15-12(8-19-14)6-16(25-15)18(24)22-3-4-22/h6-8,11,13H,1-5,9-10H2,(H,20,23)/t11-,13-/m1/s1. The summed E-state index contributed by atoms with van der Waals surface area (Å²) in [5.41, 5.74) is 0.438. The molecule has 3 atom stereocenters. The lowest BCUT2D eigenvalue weighted by Gasteiger charge is -2.30. The highest BCUT2D eigenvalue weighted by Gasteiger charge is 2.33. The second-order valence-electron chi connectivity index (χ2n) is 7.33. The minimum Gasteiger partial charge on any atom is -0.347 e. The normalized spacial score (nSPS) is 27.5. The van der Waals surface area contributed by atoms with Gasteiger partial charge >= 0.3 is 0 Å². The summed E-state index contributed by atoms with van der Waals surface area (Å²) < 4.78 is 0.942. The van der Waals surface area contributed by atoms with Crippen LogP contribution in [-0.4, -0.2) is 65.4 Å². The van der Waals surface area contributed by atoms with Crippen molar-refractivity contribution in [2.75, 3.05) is 32.7 Å². The number of rotatable bonds is 3. The fourth-order valence-electron chi connectivity index (χ4n) is 4.00. The molecule has 0 aliphatic carbocycles. The van der Waals surface area contributed by atoms with Crippen molar-refractivity contribution in [3.8, 4) is 0 Å². The minimum atomic E-state index is -0.110. The number of amides is 2. The van der Waals surface area contributed by atoms with Crippen molar-refractivity contribution in [2.24, 2.45) is 5.92 Å². The van der Waals surface area contributed by atoms with Crippen molar-refractivity contribution in [3.63, 3.8) is 0 Å².